The van der Waals surface area contributed by atoms with Gasteiger partial charge in [0, 0.05) is 12.6 Å². The molecule has 0 spiro atoms. The van der Waals surface area contributed by atoms with Crippen LogP contribution in [-0.2, 0) is 4.74 Å². The molecule has 0 amide bonds. The fourth-order valence-electron chi connectivity index (χ4n) is 2.20. The predicted octanol–water partition coefficient (Wildman–Crippen LogP) is 1.16. The molecule has 1 aromatic heterocycles. The standard InChI is InChI=1S/C13H20N4O2/c1-10(17-7-3-4-8-17)9-14-12-6-5-11(15-16-12)13(18)19-2/h5-6,10H,3-4,7-9H2,1-2H3,(H,14,16). The first-order valence-corrected chi connectivity index (χ1v) is 6.60. The number of hydrogen-bond donors (Lipinski definition) is 1. The van der Waals surface area contributed by atoms with Crippen molar-refractivity contribution < 1.29 is 9.53 Å². The predicted molar refractivity (Wildman–Crippen MR) is 72.1 cm³/mol. The number of aromatic nitrogens is 2. The second kappa shape index (κ2) is 6.47. The average Bonchev–Trinajstić information content (AvgIpc) is 2.98. The van der Waals surface area contributed by atoms with E-state index < -0.39 is 5.97 Å². The van der Waals surface area contributed by atoms with Crippen LogP contribution in [0.2, 0.25) is 0 Å². The van der Waals surface area contributed by atoms with Crippen molar-refractivity contribution in [2.75, 3.05) is 32.1 Å². The lowest BCUT2D eigenvalue weighted by Crippen LogP contribution is -2.35. The lowest BCUT2D eigenvalue weighted by atomic mass is 10.3. The van der Waals surface area contributed by atoms with E-state index in [-0.39, 0.29) is 5.69 Å². The van der Waals surface area contributed by atoms with E-state index in [0.29, 0.717) is 11.9 Å². The molecule has 6 nitrogen and oxygen atoms in total. The number of likely N-dealkylation sites (tertiary alicyclic amines) is 1. The fourth-order valence-corrected chi connectivity index (χ4v) is 2.20. The third-order valence-electron chi connectivity index (χ3n) is 3.40. The van der Waals surface area contributed by atoms with E-state index in [9.17, 15) is 4.79 Å². The van der Waals surface area contributed by atoms with Gasteiger partial charge >= 0.3 is 5.97 Å². The topological polar surface area (TPSA) is 67.3 Å². The Morgan fingerprint density at radius 2 is 2.16 bits per heavy atom. The highest BCUT2D eigenvalue weighted by Gasteiger charge is 2.17. The Labute approximate surface area is 113 Å². The second-order valence-electron chi connectivity index (χ2n) is 4.77. The number of nitrogens with zero attached hydrogens (tertiary/aromatic N) is 3. The lowest BCUT2D eigenvalue weighted by molar-refractivity contribution is 0.0593. The van der Waals surface area contributed by atoms with Crippen molar-refractivity contribution in [2.45, 2.75) is 25.8 Å². The van der Waals surface area contributed by atoms with Crippen molar-refractivity contribution in [3.63, 3.8) is 0 Å². The van der Waals surface area contributed by atoms with Crippen LogP contribution in [0, 0.1) is 0 Å². The maximum atomic E-state index is 11.2. The summed E-state index contributed by atoms with van der Waals surface area (Å²) in [6.07, 6.45) is 2.58. The summed E-state index contributed by atoms with van der Waals surface area (Å²) >= 11 is 0. The SMILES string of the molecule is COC(=O)c1ccc(NCC(C)N2CCCC2)nn1. The van der Waals surface area contributed by atoms with Gasteiger partial charge in [-0.1, -0.05) is 0 Å². The van der Waals surface area contributed by atoms with Gasteiger partial charge in [-0.05, 0) is 45.0 Å². The highest BCUT2D eigenvalue weighted by Crippen LogP contribution is 2.12. The van der Waals surface area contributed by atoms with Crippen LogP contribution in [0.25, 0.3) is 0 Å². The Hall–Kier alpha value is -1.69. The molecule has 1 saturated heterocycles. The normalized spacial score (nSPS) is 17.2. The first-order chi connectivity index (χ1) is 9.20. The van der Waals surface area contributed by atoms with Crippen molar-refractivity contribution in [3.05, 3.63) is 17.8 Å². The maximum Gasteiger partial charge on any atom is 0.358 e. The average molecular weight is 264 g/mol. The smallest absolute Gasteiger partial charge is 0.358 e. The summed E-state index contributed by atoms with van der Waals surface area (Å²) < 4.78 is 4.57. The molecule has 0 saturated carbocycles. The van der Waals surface area contributed by atoms with Gasteiger partial charge in [-0.2, -0.15) is 0 Å². The van der Waals surface area contributed by atoms with Gasteiger partial charge < -0.3 is 10.1 Å². The highest BCUT2D eigenvalue weighted by atomic mass is 16.5. The van der Waals surface area contributed by atoms with Gasteiger partial charge in [0.1, 0.15) is 5.82 Å². The highest BCUT2D eigenvalue weighted by molar-refractivity contribution is 5.86. The molecular weight excluding hydrogens is 244 g/mol. The van der Waals surface area contributed by atoms with Gasteiger partial charge in [0.2, 0.25) is 0 Å². The molecule has 2 rings (SSSR count). The Morgan fingerprint density at radius 3 is 2.74 bits per heavy atom. The van der Waals surface area contributed by atoms with Gasteiger partial charge in [0.15, 0.2) is 5.69 Å². The van der Waals surface area contributed by atoms with E-state index in [0.717, 1.165) is 6.54 Å². The zero-order valence-corrected chi connectivity index (χ0v) is 11.4. The van der Waals surface area contributed by atoms with E-state index in [2.05, 4.69) is 32.1 Å². The molecule has 0 aromatic carbocycles. The Balaban J connectivity index is 1.84. The number of carbonyl (C=O) groups is 1. The Morgan fingerprint density at radius 1 is 1.42 bits per heavy atom. The molecule has 1 fully saturated rings. The lowest BCUT2D eigenvalue weighted by Gasteiger charge is -2.23. The Bertz CT molecular complexity index is 415. The van der Waals surface area contributed by atoms with Crippen LogP contribution in [0.4, 0.5) is 5.82 Å². The number of nitrogens with one attached hydrogen (secondary N) is 1. The van der Waals surface area contributed by atoms with Crippen LogP contribution in [-0.4, -0.2) is 53.9 Å². The molecule has 1 N–H and O–H groups in total. The van der Waals surface area contributed by atoms with Gasteiger partial charge in [0.05, 0.1) is 7.11 Å². The minimum absolute atomic E-state index is 0.223. The quantitative estimate of drug-likeness (QED) is 0.805. The maximum absolute atomic E-state index is 11.2. The zero-order valence-electron chi connectivity index (χ0n) is 11.4. The van der Waals surface area contributed by atoms with Crippen LogP contribution in [0.5, 0.6) is 0 Å². The number of rotatable bonds is 5. The van der Waals surface area contributed by atoms with Crippen molar-refractivity contribution in [1.82, 2.24) is 15.1 Å². The summed E-state index contributed by atoms with van der Waals surface area (Å²) in [5.41, 5.74) is 0.223. The van der Waals surface area contributed by atoms with E-state index in [1.807, 2.05) is 0 Å². The first kappa shape index (κ1) is 13.7. The molecule has 6 heteroatoms. The minimum Gasteiger partial charge on any atom is -0.464 e. The van der Waals surface area contributed by atoms with Crippen LogP contribution in [0.15, 0.2) is 12.1 Å². The van der Waals surface area contributed by atoms with Crippen LogP contribution in [0.3, 0.4) is 0 Å². The minimum atomic E-state index is -0.468. The van der Waals surface area contributed by atoms with Gasteiger partial charge in [-0.3, -0.25) is 4.90 Å². The van der Waals surface area contributed by atoms with Gasteiger partial charge in [-0.25, -0.2) is 4.79 Å². The van der Waals surface area contributed by atoms with E-state index >= 15 is 0 Å². The number of carbonyl (C=O) groups excluding carboxylic acids is 1. The molecule has 19 heavy (non-hydrogen) atoms. The summed E-state index contributed by atoms with van der Waals surface area (Å²) in [4.78, 5) is 13.7. The molecule has 1 aliphatic rings. The third kappa shape index (κ3) is 3.64. The molecular formula is C13H20N4O2. The number of methoxy groups -OCH3 is 1. The zero-order chi connectivity index (χ0) is 13.7. The summed E-state index contributed by atoms with van der Waals surface area (Å²) in [5, 5.41) is 11.0. The fraction of sp³-hybridized carbons (Fsp3) is 0.615. The van der Waals surface area contributed by atoms with Crippen molar-refractivity contribution in [3.8, 4) is 0 Å². The number of ether oxygens (including phenoxy) is 1. The summed E-state index contributed by atoms with van der Waals surface area (Å²) in [5.74, 6) is 0.211. The summed E-state index contributed by atoms with van der Waals surface area (Å²) in [6, 6.07) is 3.84. The van der Waals surface area contributed by atoms with Crippen LogP contribution >= 0.6 is 0 Å². The summed E-state index contributed by atoms with van der Waals surface area (Å²) in [7, 11) is 1.33. The van der Waals surface area contributed by atoms with E-state index in [4.69, 9.17) is 0 Å². The largest absolute Gasteiger partial charge is 0.464 e. The Kier molecular flexibility index (Phi) is 4.68. The molecule has 2 heterocycles. The molecule has 1 aromatic rings. The van der Waals surface area contributed by atoms with Crippen LogP contribution in [0.1, 0.15) is 30.3 Å². The number of hydrogen-bond acceptors (Lipinski definition) is 6. The number of anilines is 1. The van der Waals surface area contributed by atoms with Gasteiger partial charge in [0.25, 0.3) is 0 Å². The van der Waals surface area contributed by atoms with Crippen molar-refractivity contribution >= 4 is 11.8 Å². The third-order valence-corrected chi connectivity index (χ3v) is 3.40. The monoisotopic (exact) mass is 264 g/mol. The van der Waals surface area contributed by atoms with Crippen LogP contribution < -0.4 is 5.32 Å². The van der Waals surface area contributed by atoms with Crippen molar-refractivity contribution in [1.29, 1.82) is 0 Å². The molecule has 104 valence electrons. The first-order valence-electron chi connectivity index (χ1n) is 6.60. The second-order valence-corrected chi connectivity index (χ2v) is 4.77. The molecule has 1 unspecified atom stereocenters. The molecule has 0 aliphatic carbocycles. The molecule has 0 radical (unpaired) electrons. The number of esters is 1. The van der Waals surface area contributed by atoms with E-state index in [1.54, 1.807) is 12.1 Å². The molecule has 1 atom stereocenters. The van der Waals surface area contributed by atoms with E-state index in [1.165, 1.54) is 33.0 Å². The molecule has 0 bridgehead atoms. The van der Waals surface area contributed by atoms with Crippen molar-refractivity contribution in [2.24, 2.45) is 0 Å². The molecule has 1 aliphatic heterocycles. The van der Waals surface area contributed by atoms with Gasteiger partial charge in [-0.15, -0.1) is 10.2 Å². The summed E-state index contributed by atoms with van der Waals surface area (Å²) in [6.45, 7) is 5.38.